The summed E-state index contributed by atoms with van der Waals surface area (Å²) in [6, 6.07) is 5.95. The minimum atomic E-state index is -0.491. The van der Waals surface area contributed by atoms with E-state index < -0.39 is 6.10 Å². The first-order valence-corrected chi connectivity index (χ1v) is 10.4. The van der Waals surface area contributed by atoms with Gasteiger partial charge in [0.1, 0.15) is 12.7 Å². The fourth-order valence-corrected chi connectivity index (χ4v) is 3.78. The molecule has 148 valence electrons. The van der Waals surface area contributed by atoms with Gasteiger partial charge in [0.25, 0.3) is 0 Å². The molecule has 1 aliphatic rings. The van der Waals surface area contributed by atoms with E-state index in [1.54, 1.807) is 7.11 Å². The number of likely N-dealkylation sites (N-methyl/N-ethyl adjacent to an activating group) is 1. The van der Waals surface area contributed by atoms with E-state index in [4.69, 9.17) is 9.47 Å². The molecular formula is C19H33N3O3S. The zero-order chi connectivity index (χ0) is 18.8. The summed E-state index contributed by atoms with van der Waals surface area (Å²) in [5.41, 5.74) is 1.15. The van der Waals surface area contributed by atoms with Gasteiger partial charge in [0.05, 0.1) is 7.11 Å². The Morgan fingerprint density at radius 3 is 2.73 bits per heavy atom. The van der Waals surface area contributed by atoms with E-state index in [2.05, 4.69) is 29.2 Å². The molecule has 0 aromatic heterocycles. The maximum atomic E-state index is 10.2. The maximum Gasteiger partial charge on any atom is 0.161 e. The van der Waals surface area contributed by atoms with Gasteiger partial charge in [-0.2, -0.15) is 11.8 Å². The quantitative estimate of drug-likeness (QED) is 0.556. The summed E-state index contributed by atoms with van der Waals surface area (Å²) in [4.78, 5) is 4.45. The maximum absolute atomic E-state index is 10.2. The average Bonchev–Trinajstić information content (AvgIpc) is 2.64. The molecule has 0 bridgehead atoms. The molecule has 1 heterocycles. The Bertz CT molecular complexity index is 525. The van der Waals surface area contributed by atoms with E-state index in [0.29, 0.717) is 18.0 Å². The SMILES string of the molecule is COc1cc(CNCCN(C)C)ccc1OC[C@@H](O)CN1CCSCC1. The molecule has 7 heteroatoms. The van der Waals surface area contributed by atoms with Gasteiger partial charge >= 0.3 is 0 Å². The van der Waals surface area contributed by atoms with E-state index in [9.17, 15) is 5.11 Å². The molecule has 0 aliphatic carbocycles. The Hall–Kier alpha value is -0.990. The summed E-state index contributed by atoms with van der Waals surface area (Å²) in [6.07, 6.45) is -0.491. The van der Waals surface area contributed by atoms with Crippen molar-refractivity contribution in [2.24, 2.45) is 0 Å². The molecule has 1 aliphatic heterocycles. The minimum Gasteiger partial charge on any atom is -0.493 e. The summed E-state index contributed by atoms with van der Waals surface area (Å²) in [7, 11) is 5.78. The van der Waals surface area contributed by atoms with Crippen LogP contribution >= 0.6 is 11.8 Å². The first-order chi connectivity index (χ1) is 12.6. The Morgan fingerprint density at radius 1 is 1.27 bits per heavy atom. The van der Waals surface area contributed by atoms with E-state index in [1.165, 1.54) is 0 Å². The van der Waals surface area contributed by atoms with Gasteiger partial charge in [-0.25, -0.2) is 0 Å². The third-order valence-corrected chi connectivity index (χ3v) is 5.24. The highest BCUT2D eigenvalue weighted by molar-refractivity contribution is 7.99. The molecule has 1 saturated heterocycles. The molecule has 2 rings (SSSR count). The molecule has 26 heavy (non-hydrogen) atoms. The summed E-state index contributed by atoms with van der Waals surface area (Å²) in [5, 5.41) is 13.7. The van der Waals surface area contributed by atoms with E-state index in [0.717, 1.165) is 49.8 Å². The van der Waals surface area contributed by atoms with Gasteiger partial charge in [-0.15, -0.1) is 0 Å². The van der Waals surface area contributed by atoms with Gasteiger partial charge in [-0.3, -0.25) is 4.90 Å². The fourth-order valence-electron chi connectivity index (χ4n) is 2.80. The zero-order valence-corrected chi connectivity index (χ0v) is 17.1. The molecule has 6 nitrogen and oxygen atoms in total. The molecule has 1 aromatic rings. The normalized spacial score (nSPS) is 16.7. The molecule has 1 atom stereocenters. The van der Waals surface area contributed by atoms with Crippen molar-refractivity contribution < 1.29 is 14.6 Å². The zero-order valence-electron chi connectivity index (χ0n) is 16.2. The van der Waals surface area contributed by atoms with Crippen LogP contribution in [0.2, 0.25) is 0 Å². The second-order valence-corrected chi connectivity index (χ2v) is 8.07. The lowest BCUT2D eigenvalue weighted by Gasteiger charge is -2.28. The van der Waals surface area contributed by atoms with Crippen LogP contribution in [-0.2, 0) is 6.54 Å². The van der Waals surface area contributed by atoms with Crippen LogP contribution < -0.4 is 14.8 Å². The number of nitrogens with zero attached hydrogens (tertiary/aromatic N) is 2. The van der Waals surface area contributed by atoms with Crippen LogP contribution in [0.5, 0.6) is 11.5 Å². The van der Waals surface area contributed by atoms with Crippen LogP contribution in [0.3, 0.4) is 0 Å². The van der Waals surface area contributed by atoms with Gasteiger partial charge in [0.15, 0.2) is 11.5 Å². The molecule has 1 fully saturated rings. The Balaban J connectivity index is 1.78. The molecule has 0 amide bonds. The van der Waals surface area contributed by atoms with Crippen LogP contribution in [0.4, 0.5) is 0 Å². The van der Waals surface area contributed by atoms with Crippen molar-refractivity contribution in [1.82, 2.24) is 15.1 Å². The first-order valence-electron chi connectivity index (χ1n) is 9.22. The van der Waals surface area contributed by atoms with Gasteiger partial charge in [0, 0.05) is 50.8 Å². The van der Waals surface area contributed by atoms with Gasteiger partial charge in [0.2, 0.25) is 0 Å². The number of aliphatic hydroxyl groups excluding tert-OH is 1. The summed E-state index contributed by atoms with van der Waals surface area (Å²) in [5.74, 6) is 3.67. The molecule has 2 N–H and O–H groups in total. The number of thioether (sulfide) groups is 1. The molecule has 0 saturated carbocycles. The second-order valence-electron chi connectivity index (χ2n) is 6.84. The van der Waals surface area contributed by atoms with Gasteiger partial charge in [-0.1, -0.05) is 6.07 Å². The predicted molar refractivity (Wildman–Crippen MR) is 109 cm³/mol. The standard InChI is InChI=1S/C19H33N3O3S/c1-21(2)7-6-20-13-16-4-5-18(19(12-16)24-3)25-15-17(23)14-22-8-10-26-11-9-22/h4-5,12,17,20,23H,6-11,13-15H2,1-3H3/t17-/m0/s1. The largest absolute Gasteiger partial charge is 0.493 e. The van der Waals surface area contributed by atoms with Crippen molar-refractivity contribution in [3.05, 3.63) is 23.8 Å². The van der Waals surface area contributed by atoms with Crippen LogP contribution in [0.1, 0.15) is 5.56 Å². The minimum absolute atomic E-state index is 0.278. The number of hydrogen-bond acceptors (Lipinski definition) is 7. The Kier molecular flexibility index (Phi) is 9.56. The molecule has 0 spiro atoms. The topological polar surface area (TPSA) is 57.2 Å². The smallest absolute Gasteiger partial charge is 0.161 e. The third-order valence-electron chi connectivity index (χ3n) is 4.30. The number of benzene rings is 1. The molecular weight excluding hydrogens is 350 g/mol. The Morgan fingerprint density at radius 2 is 2.04 bits per heavy atom. The monoisotopic (exact) mass is 383 g/mol. The fraction of sp³-hybridized carbons (Fsp3) is 0.684. The van der Waals surface area contributed by atoms with Crippen molar-refractivity contribution >= 4 is 11.8 Å². The predicted octanol–water partition coefficient (Wildman–Crippen LogP) is 1.13. The first kappa shape index (κ1) is 21.3. The van der Waals surface area contributed by atoms with Crippen molar-refractivity contribution in [3.63, 3.8) is 0 Å². The number of nitrogens with one attached hydrogen (secondary N) is 1. The lowest BCUT2D eigenvalue weighted by molar-refractivity contribution is 0.0705. The van der Waals surface area contributed by atoms with Crippen LogP contribution in [0, 0.1) is 0 Å². The van der Waals surface area contributed by atoms with Crippen LogP contribution in [-0.4, -0.2) is 93.1 Å². The van der Waals surface area contributed by atoms with Gasteiger partial charge < -0.3 is 24.8 Å². The molecule has 0 radical (unpaired) electrons. The lowest BCUT2D eigenvalue weighted by Crippen LogP contribution is -2.40. The number of methoxy groups -OCH3 is 1. The number of ether oxygens (including phenoxy) is 2. The van der Waals surface area contributed by atoms with Crippen LogP contribution in [0.25, 0.3) is 0 Å². The van der Waals surface area contributed by atoms with Crippen molar-refractivity contribution in [1.29, 1.82) is 0 Å². The summed E-state index contributed by atoms with van der Waals surface area (Å²) in [6.45, 7) is 5.76. The highest BCUT2D eigenvalue weighted by Crippen LogP contribution is 2.28. The average molecular weight is 384 g/mol. The molecule has 1 aromatic carbocycles. The van der Waals surface area contributed by atoms with Crippen molar-refractivity contribution in [2.75, 3.05) is 72.0 Å². The van der Waals surface area contributed by atoms with E-state index in [1.807, 2.05) is 30.0 Å². The highest BCUT2D eigenvalue weighted by atomic mass is 32.2. The van der Waals surface area contributed by atoms with Crippen molar-refractivity contribution in [3.8, 4) is 11.5 Å². The van der Waals surface area contributed by atoms with Crippen LogP contribution in [0.15, 0.2) is 18.2 Å². The number of rotatable bonds is 11. The Labute approximate surface area is 161 Å². The number of hydrogen-bond donors (Lipinski definition) is 2. The molecule has 0 unspecified atom stereocenters. The number of β-amino-alcohol motifs (C(OH)–C–C–N with tert-alkyl or cyclic N) is 1. The lowest BCUT2D eigenvalue weighted by atomic mass is 10.2. The second kappa shape index (κ2) is 11.7. The third kappa shape index (κ3) is 7.72. The van der Waals surface area contributed by atoms with Gasteiger partial charge in [-0.05, 0) is 31.8 Å². The van der Waals surface area contributed by atoms with E-state index >= 15 is 0 Å². The summed E-state index contributed by atoms with van der Waals surface area (Å²) < 4.78 is 11.3. The van der Waals surface area contributed by atoms with Crippen molar-refractivity contribution in [2.45, 2.75) is 12.6 Å². The number of aliphatic hydroxyl groups is 1. The summed E-state index contributed by atoms with van der Waals surface area (Å²) >= 11 is 1.97. The highest BCUT2D eigenvalue weighted by Gasteiger charge is 2.16. The van der Waals surface area contributed by atoms with E-state index in [-0.39, 0.29) is 6.61 Å².